The van der Waals surface area contributed by atoms with Gasteiger partial charge in [-0.3, -0.25) is 4.79 Å². The van der Waals surface area contributed by atoms with E-state index in [1.807, 2.05) is 31.5 Å². The molecule has 1 saturated heterocycles. The summed E-state index contributed by atoms with van der Waals surface area (Å²) in [4.78, 5) is 23.1. The van der Waals surface area contributed by atoms with Crippen molar-refractivity contribution in [1.29, 1.82) is 0 Å². The van der Waals surface area contributed by atoms with Gasteiger partial charge in [0.25, 0.3) is 0 Å². The van der Waals surface area contributed by atoms with Crippen molar-refractivity contribution in [3.63, 3.8) is 0 Å². The SMILES string of the molecule is C=C1OB(C2=C(c3cnc4c(n3)c(C(=O)C(C)(C)C)cn4COCC[Si](C)(C)C)CCC2)OC1=C. The number of ketones is 1. The number of carbonyl (C=O) groups is 1. The lowest BCUT2D eigenvalue weighted by molar-refractivity contribution is 0.0849. The summed E-state index contributed by atoms with van der Waals surface area (Å²) in [6.07, 6.45) is 6.30. The Morgan fingerprint density at radius 3 is 2.51 bits per heavy atom. The van der Waals surface area contributed by atoms with E-state index in [0.29, 0.717) is 41.6 Å². The summed E-state index contributed by atoms with van der Waals surface area (Å²) < 4.78 is 19.5. The molecule has 35 heavy (non-hydrogen) atoms. The normalized spacial score (nSPS) is 16.9. The first-order chi connectivity index (χ1) is 16.3. The van der Waals surface area contributed by atoms with Crippen molar-refractivity contribution in [2.24, 2.45) is 5.41 Å². The van der Waals surface area contributed by atoms with E-state index in [1.54, 1.807) is 6.20 Å². The molecule has 2 aromatic heterocycles. The third-order valence-electron chi connectivity index (χ3n) is 6.38. The zero-order chi connectivity index (χ0) is 25.5. The lowest BCUT2D eigenvalue weighted by Crippen LogP contribution is -2.22. The Hall–Kier alpha value is -2.65. The van der Waals surface area contributed by atoms with Crippen LogP contribution in [0.1, 0.15) is 56.1 Å². The van der Waals surface area contributed by atoms with Crippen LogP contribution in [0.25, 0.3) is 16.7 Å². The molecule has 0 bridgehead atoms. The minimum atomic E-state index is -1.19. The molecule has 186 valence electrons. The van der Waals surface area contributed by atoms with Crippen LogP contribution < -0.4 is 0 Å². The maximum absolute atomic E-state index is 13.3. The topological polar surface area (TPSA) is 75.5 Å². The summed E-state index contributed by atoms with van der Waals surface area (Å²) in [5.41, 5.74) is 4.14. The standard InChI is InChI=1S/C26H36BN3O4Si/c1-17-18(2)34-27(33-17)21-11-9-10-19(21)22-14-28-25-23(29-22)20(24(31)26(3,4)5)15-30(25)16-32-12-13-35(6,7)8/h14-15H,1-2,9-13,16H2,3-8H3. The molecule has 2 aliphatic rings. The Balaban J connectivity index is 1.71. The molecule has 3 heterocycles. The van der Waals surface area contributed by atoms with Crippen LogP contribution >= 0.6 is 0 Å². The Morgan fingerprint density at radius 2 is 1.89 bits per heavy atom. The number of Topliss-reactive ketones (excluding diaryl/α,β-unsaturated/α-hetero) is 1. The molecule has 0 saturated carbocycles. The molecule has 0 spiro atoms. The highest BCUT2D eigenvalue weighted by atomic mass is 28.3. The molecule has 2 aromatic rings. The van der Waals surface area contributed by atoms with E-state index < -0.39 is 20.6 Å². The number of hydrogen-bond acceptors (Lipinski definition) is 6. The van der Waals surface area contributed by atoms with E-state index in [-0.39, 0.29) is 5.78 Å². The van der Waals surface area contributed by atoms with Crippen LogP contribution in [-0.2, 0) is 20.8 Å². The van der Waals surface area contributed by atoms with Gasteiger partial charge in [0, 0.05) is 26.3 Å². The largest absolute Gasteiger partial charge is 0.628 e. The predicted molar refractivity (Wildman–Crippen MR) is 142 cm³/mol. The molecule has 4 rings (SSSR count). The summed E-state index contributed by atoms with van der Waals surface area (Å²) >= 11 is 0. The molecule has 7 nitrogen and oxygen atoms in total. The quantitative estimate of drug-likeness (QED) is 0.255. The van der Waals surface area contributed by atoms with Gasteiger partial charge < -0.3 is 18.6 Å². The highest BCUT2D eigenvalue weighted by Gasteiger charge is 2.40. The van der Waals surface area contributed by atoms with Gasteiger partial charge in [-0.2, -0.15) is 0 Å². The molecule has 0 amide bonds. The van der Waals surface area contributed by atoms with Crippen LogP contribution in [0.5, 0.6) is 0 Å². The Kier molecular flexibility index (Phi) is 6.85. The van der Waals surface area contributed by atoms with E-state index in [1.165, 1.54) is 0 Å². The molecule has 1 aliphatic heterocycles. The first kappa shape index (κ1) is 25.4. The number of fused-ring (bicyclic) bond motifs is 1. The van der Waals surface area contributed by atoms with Crippen LogP contribution in [0, 0.1) is 5.41 Å². The fourth-order valence-corrected chi connectivity index (χ4v) is 5.04. The average molecular weight is 493 g/mol. The third-order valence-corrected chi connectivity index (χ3v) is 8.09. The molecule has 1 aliphatic carbocycles. The van der Waals surface area contributed by atoms with Gasteiger partial charge in [-0.1, -0.05) is 53.6 Å². The Labute approximate surface area is 209 Å². The van der Waals surface area contributed by atoms with E-state index in [9.17, 15) is 4.79 Å². The minimum absolute atomic E-state index is 0.0329. The number of ether oxygens (including phenoxy) is 1. The zero-order valence-corrected chi connectivity index (χ0v) is 22.9. The average Bonchev–Trinajstić information content (AvgIpc) is 3.46. The first-order valence-corrected chi connectivity index (χ1v) is 16.0. The second-order valence-corrected chi connectivity index (χ2v) is 17.3. The monoisotopic (exact) mass is 493 g/mol. The van der Waals surface area contributed by atoms with Crippen molar-refractivity contribution in [1.82, 2.24) is 14.5 Å². The molecular weight excluding hydrogens is 457 g/mol. The second-order valence-electron chi connectivity index (χ2n) is 11.6. The summed E-state index contributed by atoms with van der Waals surface area (Å²) in [5, 5.41) is 0. The second kappa shape index (κ2) is 9.43. The lowest BCUT2D eigenvalue weighted by atomic mass is 9.75. The third kappa shape index (κ3) is 5.46. The van der Waals surface area contributed by atoms with Gasteiger partial charge in [-0.05, 0) is 36.4 Å². The molecule has 9 heteroatoms. The number of aromatic nitrogens is 3. The molecule has 1 fully saturated rings. The number of hydrogen-bond donors (Lipinski definition) is 0. The van der Waals surface area contributed by atoms with Crippen molar-refractivity contribution < 1.29 is 18.8 Å². The van der Waals surface area contributed by atoms with Gasteiger partial charge in [0.1, 0.15) is 23.8 Å². The van der Waals surface area contributed by atoms with Crippen molar-refractivity contribution in [2.45, 2.75) is 72.4 Å². The molecular formula is C26H36BN3O4Si. The van der Waals surface area contributed by atoms with Crippen LogP contribution in [0.2, 0.25) is 25.7 Å². The summed E-state index contributed by atoms with van der Waals surface area (Å²) in [6, 6.07) is 1.08. The number of allylic oxidation sites excluding steroid dienone is 2. The van der Waals surface area contributed by atoms with E-state index >= 15 is 0 Å². The smallest absolute Gasteiger partial charge is 0.520 e. The van der Waals surface area contributed by atoms with Crippen molar-refractivity contribution >= 4 is 37.7 Å². The van der Waals surface area contributed by atoms with Crippen LogP contribution in [0.3, 0.4) is 0 Å². The fourth-order valence-electron chi connectivity index (χ4n) is 4.28. The molecule has 0 N–H and O–H groups in total. The van der Waals surface area contributed by atoms with E-state index in [0.717, 1.165) is 42.0 Å². The van der Waals surface area contributed by atoms with E-state index in [2.05, 4.69) is 32.8 Å². The first-order valence-electron chi connectivity index (χ1n) is 12.3. The molecule has 0 aromatic carbocycles. The van der Waals surface area contributed by atoms with Crippen LogP contribution in [0.15, 0.2) is 42.5 Å². The van der Waals surface area contributed by atoms with Gasteiger partial charge in [-0.15, -0.1) is 0 Å². The maximum Gasteiger partial charge on any atom is 0.628 e. The van der Waals surface area contributed by atoms with Gasteiger partial charge in [0.15, 0.2) is 11.4 Å². The van der Waals surface area contributed by atoms with Crippen molar-refractivity contribution in [3.8, 4) is 0 Å². The van der Waals surface area contributed by atoms with Crippen LogP contribution in [0.4, 0.5) is 0 Å². The van der Waals surface area contributed by atoms with Crippen molar-refractivity contribution in [3.05, 3.63) is 53.8 Å². The number of rotatable bonds is 8. The highest BCUT2D eigenvalue weighted by Crippen LogP contribution is 2.39. The predicted octanol–water partition coefficient (Wildman–Crippen LogP) is 6.01. The van der Waals surface area contributed by atoms with E-state index in [4.69, 9.17) is 24.0 Å². The molecule has 0 radical (unpaired) electrons. The number of nitrogens with zero attached hydrogens (tertiary/aromatic N) is 3. The highest BCUT2D eigenvalue weighted by molar-refractivity contribution is 6.76. The van der Waals surface area contributed by atoms with Gasteiger partial charge >= 0.3 is 7.12 Å². The summed E-state index contributed by atoms with van der Waals surface area (Å²) in [7, 11) is -1.71. The summed E-state index contributed by atoms with van der Waals surface area (Å²) in [5.74, 6) is 0.949. The fraction of sp³-hybridized carbons (Fsp3) is 0.500. The number of carbonyl (C=O) groups excluding carboxylic acids is 1. The molecule has 0 atom stereocenters. The van der Waals surface area contributed by atoms with Crippen molar-refractivity contribution in [2.75, 3.05) is 6.61 Å². The Bertz CT molecular complexity index is 1200. The van der Waals surface area contributed by atoms with Gasteiger partial charge in [0.05, 0.1) is 17.5 Å². The van der Waals surface area contributed by atoms with Crippen LogP contribution in [-0.4, -0.2) is 42.1 Å². The molecule has 0 unspecified atom stereocenters. The van der Waals surface area contributed by atoms with Gasteiger partial charge in [-0.25, -0.2) is 9.97 Å². The maximum atomic E-state index is 13.3. The Morgan fingerprint density at radius 1 is 1.20 bits per heavy atom. The minimum Gasteiger partial charge on any atom is -0.520 e. The zero-order valence-electron chi connectivity index (χ0n) is 21.9. The lowest BCUT2D eigenvalue weighted by Gasteiger charge is -2.16. The van der Waals surface area contributed by atoms with Gasteiger partial charge in [0.2, 0.25) is 0 Å². The summed E-state index contributed by atoms with van der Waals surface area (Å²) in [6.45, 7) is 21.5.